The number of nitrogens with two attached hydrogens (primary N) is 1. The fourth-order valence-electron chi connectivity index (χ4n) is 1.97. The second-order valence-electron chi connectivity index (χ2n) is 4.43. The van der Waals surface area contributed by atoms with Crippen LogP contribution in [0.2, 0.25) is 0 Å². The van der Waals surface area contributed by atoms with Crippen molar-refractivity contribution in [2.24, 2.45) is 11.1 Å². The van der Waals surface area contributed by atoms with E-state index >= 15 is 0 Å². The van der Waals surface area contributed by atoms with E-state index in [1.807, 2.05) is 5.01 Å². The molecule has 0 atom stereocenters. The summed E-state index contributed by atoms with van der Waals surface area (Å²) >= 11 is 4.94. The molecular formula is C10H17N3OS. The van der Waals surface area contributed by atoms with Gasteiger partial charge < -0.3 is 5.73 Å². The molecule has 0 aromatic heterocycles. The van der Waals surface area contributed by atoms with Gasteiger partial charge >= 0.3 is 0 Å². The smallest absolute Gasteiger partial charge is 0.247 e. The summed E-state index contributed by atoms with van der Waals surface area (Å²) in [7, 11) is 0. The van der Waals surface area contributed by atoms with Crippen LogP contribution in [0, 0.1) is 5.41 Å². The number of hydrazine groups is 1. The lowest BCUT2D eigenvalue weighted by molar-refractivity contribution is -0.129. The second kappa shape index (κ2) is 4.06. The minimum atomic E-state index is -0.521. The fourth-order valence-corrected chi connectivity index (χ4v) is 2.26. The zero-order chi connectivity index (χ0) is 10.9. The van der Waals surface area contributed by atoms with Crippen LogP contribution >= 0.6 is 12.2 Å². The summed E-state index contributed by atoms with van der Waals surface area (Å²) in [5.74, 6) is -0.00287. The Morgan fingerprint density at radius 1 is 1.27 bits per heavy atom. The third kappa shape index (κ3) is 2.13. The molecule has 5 heteroatoms. The molecule has 2 fully saturated rings. The Kier molecular flexibility index (Phi) is 2.93. The molecule has 0 aromatic carbocycles. The molecule has 84 valence electrons. The van der Waals surface area contributed by atoms with Crippen molar-refractivity contribution >= 4 is 23.1 Å². The zero-order valence-corrected chi connectivity index (χ0v) is 9.61. The quantitative estimate of drug-likeness (QED) is 0.692. The third-order valence-electron chi connectivity index (χ3n) is 3.27. The summed E-state index contributed by atoms with van der Waals surface area (Å²) in [6.45, 7) is 1.89. The van der Waals surface area contributed by atoms with Crippen molar-refractivity contribution in [3.8, 4) is 0 Å². The summed E-state index contributed by atoms with van der Waals surface area (Å²) in [5, 5.41) is 1.99. The SMILES string of the molecule is NC(=S)C1(C(=O)NN2CCCCC2)CC1. The van der Waals surface area contributed by atoms with Crippen LogP contribution in [0.5, 0.6) is 0 Å². The van der Waals surface area contributed by atoms with E-state index in [-0.39, 0.29) is 5.91 Å². The topological polar surface area (TPSA) is 58.4 Å². The van der Waals surface area contributed by atoms with Gasteiger partial charge in [-0.2, -0.15) is 0 Å². The first-order chi connectivity index (χ1) is 7.15. The molecule has 1 aliphatic carbocycles. The van der Waals surface area contributed by atoms with Crippen molar-refractivity contribution in [3.05, 3.63) is 0 Å². The zero-order valence-electron chi connectivity index (χ0n) is 8.79. The molecule has 3 N–H and O–H groups in total. The third-order valence-corrected chi connectivity index (χ3v) is 3.66. The predicted octanol–water partition coefficient (Wildman–Crippen LogP) is 0.570. The van der Waals surface area contributed by atoms with Gasteiger partial charge in [0, 0.05) is 13.1 Å². The molecule has 15 heavy (non-hydrogen) atoms. The Morgan fingerprint density at radius 3 is 2.33 bits per heavy atom. The summed E-state index contributed by atoms with van der Waals surface area (Å²) in [6, 6.07) is 0. The molecule has 0 aromatic rings. The van der Waals surface area contributed by atoms with Gasteiger partial charge in [-0.3, -0.25) is 10.2 Å². The van der Waals surface area contributed by atoms with Gasteiger partial charge in [-0.25, -0.2) is 5.01 Å². The van der Waals surface area contributed by atoms with Gasteiger partial charge in [-0.1, -0.05) is 18.6 Å². The number of hydrogen-bond acceptors (Lipinski definition) is 3. The van der Waals surface area contributed by atoms with E-state index in [2.05, 4.69) is 5.43 Å². The van der Waals surface area contributed by atoms with Crippen LogP contribution in [-0.4, -0.2) is 29.0 Å². The number of carbonyl (C=O) groups excluding carboxylic acids is 1. The normalized spacial score (nSPS) is 24.5. The van der Waals surface area contributed by atoms with Gasteiger partial charge in [0.15, 0.2) is 0 Å². The number of piperidine rings is 1. The number of hydrogen-bond donors (Lipinski definition) is 2. The van der Waals surface area contributed by atoms with Crippen LogP contribution in [0.4, 0.5) is 0 Å². The van der Waals surface area contributed by atoms with Crippen molar-refractivity contribution in [1.29, 1.82) is 0 Å². The van der Waals surface area contributed by atoms with Gasteiger partial charge in [-0.05, 0) is 25.7 Å². The van der Waals surface area contributed by atoms with Gasteiger partial charge in [0.2, 0.25) is 5.91 Å². The Balaban J connectivity index is 1.89. The molecule has 0 radical (unpaired) electrons. The van der Waals surface area contributed by atoms with Gasteiger partial charge in [0.1, 0.15) is 5.41 Å². The van der Waals surface area contributed by atoms with Crippen molar-refractivity contribution in [2.45, 2.75) is 32.1 Å². The van der Waals surface area contributed by atoms with Gasteiger partial charge in [0.25, 0.3) is 0 Å². The van der Waals surface area contributed by atoms with E-state index in [9.17, 15) is 4.79 Å². The molecule has 1 heterocycles. The maximum absolute atomic E-state index is 11.9. The fraction of sp³-hybridized carbons (Fsp3) is 0.800. The highest BCUT2D eigenvalue weighted by atomic mass is 32.1. The molecule has 1 saturated heterocycles. The molecule has 1 amide bonds. The van der Waals surface area contributed by atoms with Crippen molar-refractivity contribution in [1.82, 2.24) is 10.4 Å². The van der Waals surface area contributed by atoms with Crippen molar-refractivity contribution < 1.29 is 4.79 Å². The molecule has 2 rings (SSSR count). The highest BCUT2D eigenvalue weighted by molar-refractivity contribution is 7.80. The summed E-state index contributed by atoms with van der Waals surface area (Å²) < 4.78 is 0. The first kappa shape index (κ1) is 10.8. The standard InChI is InChI=1S/C10H17N3OS/c11-8(15)10(4-5-10)9(14)12-13-6-2-1-3-7-13/h1-7H2,(H2,11,15)(H,12,14). The highest BCUT2D eigenvalue weighted by Crippen LogP contribution is 2.46. The van der Waals surface area contributed by atoms with Gasteiger partial charge in [-0.15, -0.1) is 0 Å². The van der Waals surface area contributed by atoms with Crippen LogP contribution in [-0.2, 0) is 4.79 Å². The lowest BCUT2D eigenvalue weighted by Crippen LogP contribution is -2.50. The minimum Gasteiger partial charge on any atom is -0.392 e. The molecule has 4 nitrogen and oxygen atoms in total. The highest BCUT2D eigenvalue weighted by Gasteiger charge is 2.53. The minimum absolute atomic E-state index is 0.00287. The van der Waals surface area contributed by atoms with Crippen LogP contribution in [0.25, 0.3) is 0 Å². The average molecular weight is 227 g/mol. The maximum atomic E-state index is 11.9. The number of nitrogens with one attached hydrogen (secondary N) is 1. The summed E-state index contributed by atoms with van der Waals surface area (Å²) in [4.78, 5) is 12.3. The first-order valence-electron chi connectivity index (χ1n) is 5.51. The average Bonchev–Trinajstić information content (AvgIpc) is 2.99. The molecule has 0 unspecified atom stereocenters. The molecule has 0 bridgehead atoms. The van der Waals surface area contributed by atoms with Crippen molar-refractivity contribution in [3.63, 3.8) is 0 Å². The van der Waals surface area contributed by atoms with Crippen LogP contribution in [0.3, 0.4) is 0 Å². The van der Waals surface area contributed by atoms with E-state index in [4.69, 9.17) is 18.0 Å². The summed E-state index contributed by atoms with van der Waals surface area (Å²) in [6.07, 6.45) is 5.18. The van der Waals surface area contributed by atoms with E-state index < -0.39 is 5.41 Å². The predicted molar refractivity (Wildman–Crippen MR) is 62.0 cm³/mol. The van der Waals surface area contributed by atoms with Crippen LogP contribution in [0.1, 0.15) is 32.1 Å². The van der Waals surface area contributed by atoms with Crippen LogP contribution in [0.15, 0.2) is 0 Å². The maximum Gasteiger partial charge on any atom is 0.247 e. The number of rotatable bonds is 3. The molecule has 2 aliphatic rings. The lowest BCUT2D eigenvalue weighted by Gasteiger charge is -2.28. The van der Waals surface area contributed by atoms with E-state index in [1.165, 1.54) is 6.42 Å². The van der Waals surface area contributed by atoms with E-state index in [0.717, 1.165) is 38.8 Å². The Hall–Kier alpha value is -0.680. The Bertz CT molecular complexity index is 282. The molecular weight excluding hydrogens is 210 g/mol. The van der Waals surface area contributed by atoms with Crippen LogP contribution < -0.4 is 11.2 Å². The van der Waals surface area contributed by atoms with Gasteiger partial charge in [0.05, 0.1) is 4.99 Å². The summed E-state index contributed by atoms with van der Waals surface area (Å²) in [5.41, 5.74) is 8.00. The second-order valence-corrected chi connectivity index (χ2v) is 4.87. The number of carbonyl (C=O) groups is 1. The van der Waals surface area contributed by atoms with E-state index in [1.54, 1.807) is 0 Å². The molecule has 0 spiro atoms. The lowest BCUT2D eigenvalue weighted by atomic mass is 10.1. The molecule has 1 saturated carbocycles. The first-order valence-corrected chi connectivity index (χ1v) is 5.92. The Morgan fingerprint density at radius 2 is 1.87 bits per heavy atom. The van der Waals surface area contributed by atoms with Crippen molar-refractivity contribution in [2.75, 3.05) is 13.1 Å². The monoisotopic (exact) mass is 227 g/mol. The molecule has 1 aliphatic heterocycles. The Labute approximate surface area is 95.2 Å². The van der Waals surface area contributed by atoms with E-state index in [0.29, 0.717) is 4.99 Å². The largest absolute Gasteiger partial charge is 0.392 e. The number of thiocarbonyl (C=S) groups is 1. The number of amides is 1. The number of nitrogens with zero attached hydrogens (tertiary/aromatic N) is 1.